The second kappa shape index (κ2) is 14.0. The molecule has 2 amide bonds. The van der Waals surface area contributed by atoms with Crippen LogP contribution in [0.1, 0.15) is 18.1 Å². The number of likely N-dealkylation sites (N-methyl/N-ethyl adjacent to an activating group) is 1. The molecule has 0 fully saturated rings. The second-order valence-corrected chi connectivity index (χ2v) is 11.0. The van der Waals surface area contributed by atoms with Crippen molar-refractivity contribution >= 4 is 33.3 Å². The molecule has 43 heavy (non-hydrogen) atoms. The minimum Gasteiger partial charge on any atom is -0.392 e. The van der Waals surface area contributed by atoms with E-state index < -0.39 is 41.6 Å². The Labute approximate surface area is 249 Å². The van der Waals surface area contributed by atoms with E-state index in [0.717, 1.165) is 28.0 Å². The van der Waals surface area contributed by atoms with Gasteiger partial charge >= 0.3 is 11.7 Å². The molecule has 0 aliphatic carbocycles. The Morgan fingerprint density at radius 2 is 1.74 bits per heavy atom. The maximum Gasteiger partial charge on any atom is 0.343 e. The van der Waals surface area contributed by atoms with Crippen molar-refractivity contribution in [2.45, 2.75) is 32.7 Å². The van der Waals surface area contributed by atoms with Gasteiger partial charge in [0.15, 0.2) is 0 Å². The smallest absolute Gasteiger partial charge is 0.343 e. The molecule has 0 aliphatic rings. The summed E-state index contributed by atoms with van der Waals surface area (Å²) < 4.78 is 36.8. The van der Waals surface area contributed by atoms with Crippen molar-refractivity contribution in [3.05, 3.63) is 86.1 Å². The van der Waals surface area contributed by atoms with Gasteiger partial charge in [0.25, 0.3) is 5.56 Å². The van der Waals surface area contributed by atoms with Gasteiger partial charge in [-0.25, -0.2) is 23.9 Å². The fraction of sp³-hybridized carbons (Fsp3) is 0.345. The molecule has 11 nitrogen and oxygen atoms in total. The number of benzene rings is 2. The highest BCUT2D eigenvalue weighted by Gasteiger charge is 2.25. The average molecular weight is 618 g/mol. The SMILES string of the molecule is COCCN(C)Cc1c(-c2ccc(NC(=O)NOC)cc2)sc2c1c(=O)n(CC(C)O)c(=O)n2Cc1c(F)cccc1F. The molecule has 0 saturated heterocycles. The molecule has 230 valence electrons. The number of anilines is 1. The van der Waals surface area contributed by atoms with Crippen molar-refractivity contribution in [1.29, 1.82) is 0 Å². The normalized spacial score (nSPS) is 12.2. The van der Waals surface area contributed by atoms with Crippen LogP contribution in [0.25, 0.3) is 20.7 Å². The minimum atomic E-state index is -1.04. The lowest BCUT2D eigenvalue weighted by Crippen LogP contribution is -2.42. The number of ether oxygens (including phenoxy) is 1. The Bertz CT molecular complexity index is 1700. The Morgan fingerprint density at radius 3 is 2.35 bits per heavy atom. The van der Waals surface area contributed by atoms with E-state index in [4.69, 9.17) is 4.74 Å². The number of aliphatic hydroxyl groups excluding tert-OH is 1. The van der Waals surface area contributed by atoms with E-state index in [2.05, 4.69) is 15.6 Å². The predicted molar refractivity (Wildman–Crippen MR) is 160 cm³/mol. The highest BCUT2D eigenvalue weighted by Crippen LogP contribution is 2.38. The van der Waals surface area contributed by atoms with Gasteiger partial charge in [0, 0.05) is 36.3 Å². The molecule has 0 saturated carbocycles. The zero-order valence-electron chi connectivity index (χ0n) is 24.1. The van der Waals surface area contributed by atoms with Gasteiger partial charge in [-0.3, -0.25) is 23.7 Å². The number of nitrogens with zero attached hydrogens (tertiary/aromatic N) is 3. The summed E-state index contributed by atoms with van der Waals surface area (Å²) in [5, 5.41) is 13.0. The summed E-state index contributed by atoms with van der Waals surface area (Å²) in [6.07, 6.45) is -1.04. The number of fused-ring (bicyclic) bond motifs is 1. The lowest BCUT2D eigenvalue weighted by atomic mass is 10.1. The van der Waals surface area contributed by atoms with Gasteiger partial charge in [-0.2, -0.15) is 0 Å². The van der Waals surface area contributed by atoms with Crippen LogP contribution in [0, 0.1) is 11.6 Å². The topological polar surface area (TPSA) is 127 Å². The van der Waals surface area contributed by atoms with E-state index >= 15 is 0 Å². The molecular formula is C29H33F2N5O6S. The largest absolute Gasteiger partial charge is 0.392 e. The van der Waals surface area contributed by atoms with E-state index in [1.165, 1.54) is 24.7 Å². The zero-order chi connectivity index (χ0) is 31.3. The van der Waals surface area contributed by atoms with Crippen molar-refractivity contribution in [2.24, 2.45) is 0 Å². The maximum absolute atomic E-state index is 14.8. The number of aliphatic hydroxyl groups is 1. The van der Waals surface area contributed by atoms with Crippen LogP contribution < -0.4 is 22.0 Å². The molecule has 1 unspecified atom stereocenters. The van der Waals surface area contributed by atoms with E-state index in [0.29, 0.717) is 34.8 Å². The van der Waals surface area contributed by atoms with Crippen molar-refractivity contribution in [1.82, 2.24) is 19.5 Å². The number of hydrogen-bond donors (Lipinski definition) is 3. The molecule has 1 atom stereocenters. The van der Waals surface area contributed by atoms with E-state index in [-0.39, 0.29) is 28.9 Å². The minimum absolute atomic E-state index is 0.211. The second-order valence-electron chi connectivity index (χ2n) is 9.99. The Balaban J connectivity index is 1.97. The molecular weight excluding hydrogens is 584 g/mol. The van der Waals surface area contributed by atoms with Crippen LogP contribution in [0.4, 0.5) is 19.3 Å². The van der Waals surface area contributed by atoms with Gasteiger partial charge in [-0.1, -0.05) is 18.2 Å². The molecule has 2 heterocycles. The highest BCUT2D eigenvalue weighted by atomic mass is 32.1. The Morgan fingerprint density at radius 1 is 1.07 bits per heavy atom. The Kier molecular flexibility index (Phi) is 10.4. The lowest BCUT2D eigenvalue weighted by Gasteiger charge is -2.18. The Hall–Kier alpha value is -3.95. The van der Waals surface area contributed by atoms with Crippen LogP contribution in [-0.2, 0) is 29.2 Å². The molecule has 4 rings (SSSR count). The fourth-order valence-electron chi connectivity index (χ4n) is 4.66. The number of aromatic nitrogens is 2. The number of nitrogens with one attached hydrogen (secondary N) is 2. The summed E-state index contributed by atoms with van der Waals surface area (Å²) in [4.78, 5) is 46.9. The number of carbonyl (C=O) groups excluding carboxylic acids is 1. The number of amides is 2. The number of thiophene rings is 1. The standard InChI is InChI=1S/C29H33F2N5O6S/c1-17(37)14-35-26(38)24-21(15-34(2)12-13-41-3)25(18-8-10-19(11-9-18)32-28(39)33-42-4)43-27(24)36(29(35)40)16-20-22(30)6-5-7-23(20)31/h5-11,17,37H,12-16H2,1-4H3,(H2,32,33,39). The molecule has 0 aliphatic heterocycles. The third-order valence-electron chi connectivity index (χ3n) is 6.68. The molecule has 3 N–H and O–H groups in total. The van der Waals surface area contributed by atoms with E-state index in [1.54, 1.807) is 31.4 Å². The quantitative estimate of drug-likeness (QED) is 0.208. The number of halogens is 2. The first-order valence-corrected chi connectivity index (χ1v) is 14.1. The molecule has 2 aromatic heterocycles. The van der Waals surface area contributed by atoms with Gasteiger partial charge < -0.3 is 15.2 Å². The van der Waals surface area contributed by atoms with Gasteiger partial charge in [-0.15, -0.1) is 11.3 Å². The van der Waals surface area contributed by atoms with Crippen LogP contribution in [0.15, 0.2) is 52.1 Å². The van der Waals surface area contributed by atoms with Crippen molar-refractivity contribution < 1.29 is 28.3 Å². The number of hydroxylamine groups is 1. The van der Waals surface area contributed by atoms with Gasteiger partial charge in [0.2, 0.25) is 0 Å². The monoisotopic (exact) mass is 617 g/mol. The number of hydrogen-bond acceptors (Lipinski definition) is 8. The molecule has 4 aromatic rings. The van der Waals surface area contributed by atoms with Gasteiger partial charge in [0.1, 0.15) is 16.5 Å². The summed E-state index contributed by atoms with van der Waals surface area (Å²) in [6.45, 7) is 1.92. The summed E-state index contributed by atoms with van der Waals surface area (Å²) in [7, 11) is 4.74. The third kappa shape index (κ3) is 7.17. The van der Waals surface area contributed by atoms with Crippen LogP contribution in [0.5, 0.6) is 0 Å². The summed E-state index contributed by atoms with van der Waals surface area (Å²) in [5.74, 6) is -1.66. The summed E-state index contributed by atoms with van der Waals surface area (Å²) in [6, 6.07) is 9.70. The molecule has 0 bridgehead atoms. The first-order valence-electron chi connectivity index (χ1n) is 13.3. The fourth-order valence-corrected chi connectivity index (χ4v) is 5.96. The van der Waals surface area contributed by atoms with Gasteiger partial charge in [0.05, 0.1) is 38.3 Å². The summed E-state index contributed by atoms with van der Waals surface area (Å²) in [5.41, 5.74) is 2.19. The van der Waals surface area contributed by atoms with Crippen molar-refractivity contribution in [3.63, 3.8) is 0 Å². The van der Waals surface area contributed by atoms with Crippen LogP contribution in [-0.4, -0.2) is 65.7 Å². The molecule has 0 radical (unpaired) electrons. The van der Waals surface area contributed by atoms with Crippen molar-refractivity contribution in [2.75, 3.05) is 39.7 Å². The molecule has 2 aromatic carbocycles. The number of rotatable bonds is 12. The first-order chi connectivity index (χ1) is 20.5. The van der Waals surface area contributed by atoms with Crippen LogP contribution in [0.3, 0.4) is 0 Å². The van der Waals surface area contributed by atoms with Crippen LogP contribution in [0.2, 0.25) is 0 Å². The molecule has 14 heteroatoms. The first kappa shape index (κ1) is 32.0. The highest BCUT2D eigenvalue weighted by molar-refractivity contribution is 7.22. The number of methoxy groups -OCH3 is 1. The van der Waals surface area contributed by atoms with E-state index in [1.807, 2.05) is 11.9 Å². The predicted octanol–water partition coefficient (Wildman–Crippen LogP) is 3.36. The zero-order valence-corrected chi connectivity index (χ0v) is 25.0. The number of urea groups is 1. The molecule has 0 spiro atoms. The van der Waals surface area contributed by atoms with Crippen LogP contribution >= 0.6 is 11.3 Å². The maximum atomic E-state index is 14.8. The van der Waals surface area contributed by atoms with E-state index in [9.17, 15) is 28.3 Å². The number of carbonyl (C=O) groups is 1. The third-order valence-corrected chi connectivity index (χ3v) is 7.99. The van der Waals surface area contributed by atoms with Crippen molar-refractivity contribution in [3.8, 4) is 10.4 Å². The summed E-state index contributed by atoms with van der Waals surface area (Å²) >= 11 is 1.15. The average Bonchev–Trinajstić information content (AvgIpc) is 3.32. The van der Waals surface area contributed by atoms with Gasteiger partial charge in [-0.05, 0) is 49.4 Å². The lowest BCUT2D eigenvalue weighted by molar-refractivity contribution is 0.114.